The Morgan fingerprint density at radius 2 is 2.29 bits per heavy atom. The molecule has 1 unspecified atom stereocenters. The summed E-state index contributed by atoms with van der Waals surface area (Å²) in [6.07, 6.45) is 0.706. The van der Waals surface area contributed by atoms with E-state index >= 15 is 0 Å². The van der Waals surface area contributed by atoms with Crippen molar-refractivity contribution in [2.75, 3.05) is 13.6 Å². The van der Waals surface area contributed by atoms with Gasteiger partial charge in [-0.1, -0.05) is 0 Å². The van der Waals surface area contributed by atoms with Crippen molar-refractivity contribution >= 4 is 0 Å². The first-order valence-electron chi connectivity index (χ1n) is 4.25. The molecule has 1 aromatic rings. The van der Waals surface area contributed by atoms with Gasteiger partial charge in [0.25, 0.3) is 5.88 Å². The summed E-state index contributed by atoms with van der Waals surface area (Å²) in [7, 11) is 1.76. The number of nitrogens with one attached hydrogen (secondary N) is 1. The molecule has 1 rings (SSSR count). The lowest BCUT2D eigenvalue weighted by atomic mass is 10.4. The number of rotatable bonds is 4. The summed E-state index contributed by atoms with van der Waals surface area (Å²) < 4.78 is 30.6. The highest BCUT2D eigenvalue weighted by atomic mass is 19.1. The second-order valence-corrected chi connectivity index (χ2v) is 2.93. The van der Waals surface area contributed by atoms with Crippen molar-refractivity contribution in [1.29, 1.82) is 0 Å². The van der Waals surface area contributed by atoms with Crippen molar-refractivity contribution in [1.82, 2.24) is 10.3 Å². The minimum Gasteiger partial charge on any atom is -0.471 e. The van der Waals surface area contributed by atoms with Crippen LogP contribution in [0.4, 0.5) is 8.78 Å². The largest absolute Gasteiger partial charge is 0.471 e. The molecule has 0 amide bonds. The third-order valence-electron chi connectivity index (χ3n) is 1.58. The molecule has 0 aliphatic rings. The molecule has 1 heterocycles. The molecule has 0 bridgehead atoms. The zero-order valence-electron chi connectivity index (χ0n) is 8.05. The van der Waals surface area contributed by atoms with Crippen molar-refractivity contribution in [2.45, 2.75) is 13.0 Å². The maximum absolute atomic E-state index is 13.0. The van der Waals surface area contributed by atoms with Crippen molar-refractivity contribution in [3.63, 3.8) is 0 Å². The van der Waals surface area contributed by atoms with E-state index in [4.69, 9.17) is 4.74 Å². The van der Waals surface area contributed by atoms with Crippen molar-refractivity contribution in [3.05, 3.63) is 23.9 Å². The number of ether oxygens (including phenoxy) is 1. The number of halogens is 2. The first kappa shape index (κ1) is 10.8. The van der Waals surface area contributed by atoms with Gasteiger partial charge in [0, 0.05) is 12.6 Å². The third-order valence-corrected chi connectivity index (χ3v) is 1.58. The van der Waals surface area contributed by atoms with E-state index in [9.17, 15) is 8.78 Å². The van der Waals surface area contributed by atoms with Gasteiger partial charge in [0.2, 0.25) is 0 Å². The summed E-state index contributed by atoms with van der Waals surface area (Å²) >= 11 is 0. The maximum Gasteiger partial charge on any atom is 0.250 e. The number of aromatic nitrogens is 1. The predicted octanol–water partition coefficient (Wildman–Crippen LogP) is 1.35. The summed E-state index contributed by atoms with van der Waals surface area (Å²) in [6.45, 7) is 2.33. The Kier molecular flexibility index (Phi) is 3.76. The number of likely N-dealkylation sites (N-methyl/N-ethyl adjacent to an activating group) is 1. The van der Waals surface area contributed by atoms with Crippen LogP contribution in [0, 0.1) is 11.6 Å². The fourth-order valence-corrected chi connectivity index (χ4v) is 1.01. The van der Waals surface area contributed by atoms with Crippen LogP contribution in [0.5, 0.6) is 5.88 Å². The summed E-state index contributed by atoms with van der Waals surface area (Å²) in [5, 5.41) is 2.87. The fourth-order valence-electron chi connectivity index (χ4n) is 1.01. The average Bonchev–Trinajstić information content (AvgIpc) is 2.10. The Hall–Kier alpha value is -1.23. The van der Waals surface area contributed by atoms with E-state index in [-0.39, 0.29) is 12.0 Å². The van der Waals surface area contributed by atoms with Crippen LogP contribution in [0.15, 0.2) is 12.3 Å². The van der Waals surface area contributed by atoms with Gasteiger partial charge in [-0.3, -0.25) is 0 Å². The number of hydrogen-bond acceptors (Lipinski definition) is 3. The molecule has 0 saturated carbocycles. The van der Waals surface area contributed by atoms with Crippen LogP contribution in [-0.2, 0) is 0 Å². The molecule has 1 aromatic heterocycles. The first-order chi connectivity index (χ1) is 6.63. The maximum atomic E-state index is 13.0. The van der Waals surface area contributed by atoms with E-state index < -0.39 is 11.6 Å². The van der Waals surface area contributed by atoms with E-state index in [0.717, 1.165) is 12.3 Å². The Bertz CT molecular complexity index is 307. The smallest absolute Gasteiger partial charge is 0.250 e. The molecule has 0 aliphatic carbocycles. The average molecular weight is 202 g/mol. The fraction of sp³-hybridized carbons (Fsp3) is 0.444. The highest BCUT2D eigenvalue weighted by Crippen LogP contribution is 2.14. The monoisotopic (exact) mass is 202 g/mol. The summed E-state index contributed by atoms with van der Waals surface area (Å²) in [4.78, 5) is 3.50. The van der Waals surface area contributed by atoms with Crippen molar-refractivity contribution in [3.8, 4) is 5.88 Å². The third kappa shape index (κ3) is 2.92. The van der Waals surface area contributed by atoms with Crippen molar-refractivity contribution in [2.24, 2.45) is 0 Å². The SMILES string of the molecule is CNCC(C)Oc1ncc(F)cc1F. The Balaban J connectivity index is 2.67. The summed E-state index contributed by atoms with van der Waals surface area (Å²) in [5.41, 5.74) is 0. The minimum atomic E-state index is -0.784. The normalized spacial score (nSPS) is 12.6. The molecule has 0 radical (unpaired) electrons. The lowest BCUT2D eigenvalue weighted by molar-refractivity contribution is 0.201. The van der Waals surface area contributed by atoms with Crippen LogP contribution < -0.4 is 10.1 Å². The lowest BCUT2D eigenvalue weighted by Crippen LogP contribution is -2.26. The molecule has 1 N–H and O–H groups in total. The van der Waals surface area contributed by atoms with E-state index in [2.05, 4.69) is 10.3 Å². The lowest BCUT2D eigenvalue weighted by Gasteiger charge is -2.13. The minimum absolute atomic E-state index is 0.172. The van der Waals surface area contributed by atoms with Gasteiger partial charge in [-0.05, 0) is 14.0 Å². The van der Waals surface area contributed by atoms with Gasteiger partial charge in [-0.2, -0.15) is 0 Å². The molecular weight excluding hydrogens is 190 g/mol. The zero-order chi connectivity index (χ0) is 10.6. The number of pyridine rings is 1. The number of hydrogen-bond donors (Lipinski definition) is 1. The molecule has 78 valence electrons. The Morgan fingerprint density at radius 3 is 2.86 bits per heavy atom. The van der Waals surface area contributed by atoms with E-state index in [1.54, 1.807) is 14.0 Å². The summed E-state index contributed by atoms with van der Waals surface area (Å²) in [6, 6.07) is 0.744. The van der Waals surface area contributed by atoms with Gasteiger partial charge in [-0.15, -0.1) is 0 Å². The quantitative estimate of drug-likeness (QED) is 0.800. The topological polar surface area (TPSA) is 34.1 Å². The van der Waals surface area contributed by atoms with Gasteiger partial charge >= 0.3 is 0 Å². The Labute approximate surface area is 81.1 Å². The predicted molar refractivity (Wildman–Crippen MR) is 48.2 cm³/mol. The van der Waals surface area contributed by atoms with Crippen LogP contribution in [-0.4, -0.2) is 24.7 Å². The molecule has 5 heteroatoms. The van der Waals surface area contributed by atoms with Crippen LogP contribution >= 0.6 is 0 Å². The highest BCUT2D eigenvalue weighted by Gasteiger charge is 2.09. The standard InChI is InChI=1S/C9H12F2N2O/c1-6(4-12-2)14-9-8(11)3-7(10)5-13-9/h3,5-6,12H,4H2,1-2H3. The van der Waals surface area contributed by atoms with Crippen molar-refractivity contribution < 1.29 is 13.5 Å². The molecule has 0 aromatic carbocycles. The zero-order valence-corrected chi connectivity index (χ0v) is 8.05. The van der Waals surface area contributed by atoms with E-state index in [0.29, 0.717) is 6.54 Å². The van der Waals surface area contributed by atoms with Crippen LogP contribution in [0.1, 0.15) is 6.92 Å². The molecule has 0 spiro atoms. The molecule has 14 heavy (non-hydrogen) atoms. The molecular formula is C9H12F2N2O. The first-order valence-corrected chi connectivity index (χ1v) is 4.25. The van der Waals surface area contributed by atoms with E-state index in [1.165, 1.54) is 0 Å². The van der Waals surface area contributed by atoms with Crippen LogP contribution in [0.2, 0.25) is 0 Å². The highest BCUT2D eigenvalue weighted by molar-refractivity contribution is 5.14. The van der Waals surface area contributed by atoms with Crippen LogP contribution in [0.25, 0.3) is 0 Å². The number of nitrogens with zero attached hydrogens (tertiary/aromatic N) is 1. The molecule has 1 atom stereocenters. The molecule has 0 aliphatic heterocycles. The van der Waals surface area contributed by atoms with Crippen LogP contribution in [0.3, 0.4) is 0 Å². The summed E-state index contributed by atoms with van der Waals surface area (Å²) in [5.74, 6) is -1.67. The Morgan fingerprint density at radius 1 is 1.57 bits per heavy atom. The van der Waals surface area contributed by atoms with Gasteiger partial charge in [0.15, 0.2) is 5.82 Å². The van der Waals surface area contributed by atoms with Gasteiger partial charge in [-0.25, -0.2) is 13.8 Å². The second kappa shape index (κ2) is 4.85. The molecule has 0 fully saturated rings. The van der Waals surface area contributed by atoms with Gasteiger partial charge < -0.3 is 10.1 Å². The van der Waals surface area contributed by atoms with Gasteiger partial charge in [0.05, 0.1) is 6.20 Å². The van der Waals surface area contributed by atoms with Gasteiger partial charge in [0.1, 0.15) is 11.9 Å². The molecule has 3 nitrogen and oxygen atoms in total. The van der Waals surface area contributed by atoms with E-state index in [1.807, 2.05) is 0 Å². The second-order valence-electron chi connectivity index (χ2n) is 2.93. The molecule has 0 saturated heterocycles.